The third-order valence-electron chi connectivity index (χ3n) is 6.47. The summed E-state index contributed by atoms with van der Waals surface area (Å²) in [6.45, 7) is 3.73. The second kappa shape index (κ2) is 11.2. The van der Waals surface area contributed by atoms with E-state index in [1.165, 1.54) is 22.2 Å². The van der Waals surface area contributed by atoms with E-state index in [-0.39, 0.29) is 12.0 Å². The highest BCUT2D eigenvalue weighted by molar-refractivity contribution is 8.01. The number of anilines is 1. The van der Waals surface area contributed by atoms with Crippen molar-refractivity contribution in [1.29, 1.82) is 0 Å². The van der Waals surface area contributed by atoms with Gasteiger partial charge in [-0.1, -0.05) is 53.2 Å². The molecular formula is C25H28Cl2N4O2S2. The number of carbonyl (C=O) groups is 1. The quantitative estimate of drug-likeness (QED) is 0.385. The lowest BCUT2D eigenvalue weighted by molar-refractivity contribution is -0.119. The van der Waals surface area contributed by atoms with Crippen molar-refractivity contribution in [1.82, 2.24) is 15.2 Å². The molecule has 186 valence electrons. The van der Waals surface area contributed by atoms with Crippen molar-refractivity contribution < 1.29 is 9.53 Å². The van der Waals surface area contributed by atoms with Gasteiger partial charge in [-0.2, -0.15) is 0 Å². The van der Waals surface area contributed by atoms with Crippen molar-refractivity contribution in [3.8, 4) is 11.3 Å². The molecule has 2 heterocycles. The molecule has 5 rings (SSSR count). The van der Waals surface area contributed by atoms with Crippen LogP contribution >= 0.6 is 46.3 Å². The van der Waals surface area contributed by atoms with Gasteiger partial charge in [0.05, 0.1) is 34.2 Å². The standard InChI is InChI=1S/C25H28Cl2N4O2S2/c26-20-5-1-15(9-21(20)27)12-31-7-8-33-18(13-31)11-29-23(32)14-34-25-30-24-19-10-17(28)4-2-16(19)3-6-22(24)35-25/h2,4-5,9-10,15,18H,1,3,6-8,11-14,28H2,(H,29,32)/t15?,18-/m0/s1. The molecule has 1 fully saturated rings. The number of amides is 1. The third kappa shape index (κ3) is 6.24. The average Bonchev–Trinajstić information content (AvgIpc) is 3.28. The van der Waals surface area contributed by atoms with Crippen LogP contribution in [-0.2, 0) is 22.4 Å². The minimum absolute atomic E-state index is 0.00434. The first-order chi connectivity index (χ1) is 16.9. The maximum Gasteiger partial charge on any atom is 0.230 e. The van der Waals surface area contributed by atoms with Crippen LogP contribution in [-0.4, -0.2) is 60.4 Å². The van der Waals surface area contributed by atoms with E-state index in [4.69, 9.17) is 38.7 Å². The number of rotatable bonds is 7. The van der Waals surface area contributed by atoms with Gasteiger partial charge in [0.25, 0.3) is 0 Å². The van der Waals surface area contributed by atoms with Gasteiger partial charge in [0.15, 0.2) is 4.34 Å². The zero-order chi connectivity index (χ0) is 24.4. The lowest BCUT2D eigenvalue weighted by atomic mass is 9.93. The van der Waals surface area contributed by atoms with Gasteiger partial charge in [-0.25, -0.2) is 4.98 Å². The lowest BCUT2D eigenvalue weighted by Gasteiger charge is -2.35. The predicted molar refractivity (Wildman–Crippen MR) is 145 cm³/mol. The number of halogens is 2. The summed E-state index contributed by atoms with van der Waals surface area (Å²) in [6.07, 6.45) is 6.88. The van der Waals surface area contributed by atoms with Gasteiger partial charge in [0, 0.05) is 42.3 Å². The molecule has 1 aromatic heterocycles. The highest BCUT2D eigenvalue weighted by Gasteiger charge is 2.25. The Kier molecular flexibility index (Phi) is 8.06. The Balaban J connectivity index is 1.08. The fourth-order valence-electron chi connectivity index (χ4n) is 4.69. The molecule has 2 aromatic rings. The van der Waals surface area contributed by atoms with E-state index < -0.39 is 0 Å². The van der Waals surface area contributed by atoms with E-state index >= 15 is 0 Å². The molecule has 0 saturated carbocycles. The fourth-order valence-corrected chi connectivity index (χ4v) is 7.13. The third-order valence-corrected chi connectivity index (χ3v) is 9.51. The first-order valence-corrected chi connectivity index (χ1v) is 14.4. The monoisotopic (exact) mass is 550 g/mol. The molecule has 0 bridgehead atoms. The number of nitrogen functional groups attached to an aromatic ring is 1. The molecule has 2 atom stereocenters. The summed E-state index contributed by atoms with van der Waals surface area (Å²) < 4.78 is 6.81. The molecule has 1 unspecified atom stereocenters. The minimum atomic E-state index is -0.0194. The summed E-state index contributed by atoms with van der Waals surface area (Å²) >= 11 is 15.4. The lowest BCUT2D eigenvalue weighted by Crippen LogP contribution is -2.48. The van der Waals surface area contributed by atoms with Crippen LogP contribution in [0, 0.1) is 5.92 Å². The van der Waals surface area contributed by atoms with Gasteiger partial charge < -0.3 is 15.8 Å². The number of carbonyl (C=O) groups excluding carboxylic acids is 1. The topological polar surface area (TPSA) is 80.5 Å². The van der Waals surface area contributed by atoms with Gasteiger partial charge in [-0.05, 0) is 42.9 Å². The number of fused-ring (bicyclic) bond motifs is 3. The molecule has 35 heavy (non-hydrogen) atoms. The SMILES string of the molecule is Nc1ccc2c(c1)-c1nc(SCC(=O)NC[C@H]3CN(CC4C=C(Cl)C(Cl)=CC4)CCO3)sc1CC2. The van der Waals surface area contributed by atoms with Crippen LogP contribution < -0.4 is 11.1 Å². The first kappa shape index (κ1) is 25.1. The largest absolute Gasteiger partial charge is 0.399 e. The van der Waals surface area contributed by atoms with Crippen molar-refractivity contribution in [2.45, 2.75) is 29.7 Å². The Hall–Kier alpha value is -1.55. The molecule has 1 saturated heterocycles. The Morgan fingerprint density at radius 2 is 2.20 bits per heavy atom. The average molecular weight is 552 g/mol. The Bertz CT molecular complexity index is 1170. The molecule has 3 aliphatic rings. The summed E-state index contributed by atoms with van der Waals surface area (Å²) in [4.78, 5) is 21.0. The van der Waals surface area contributed by atoms with E-state index in [2.05, 4.69) is 16.3 Å². The Morgan fingerprint density at radius 3 is 3.06 bits per heavy atom. The summed E-state index contributed by atoms with van der Waals surface area (Å²) in [7, 11) is 0. The molecule has 6 nitrogen and oxygen atoms in total. The zero-order valence-electron chi connectivity index (χ0n) is 19.3. The van der Waals surface area contributed by atoms with Gasteiger partial charge >= 0.3 is 0 Å². The van der Waals surface area contributed by atoms with Crippen LogP contribution in [0.25, 0.3) is 11.3 Å². The smallest absolute Gasteiger partial charge is 0.230 e. The van der Waals surface area contributed by atoms with Crippen LogP contribution in [0.3, 0.4) is 0 Å². The van der Waals surface area contributed by atoms with Crippen LogP contribution in [0.2, 0.25) is 0 Å². The molecule has 3 N–H and O–H groups in total. The molecule has 1 aromatic carbocycles. The van der Waals surface area contributed by atoms with Crippen LogP contribution in [0.15, 0.2) is 44.8 Å². The maximum atomic E-state index is 12.5. The number of nitrogens with two attached hydrogens (primary N) is 1. The summed E-state index contributed by atoms with van der Waals surface area (Å²) in [6, 6.07) is 6.05. The second-order valence-electron chi connectivity index (χ2n) is 9.08. The second-order valence-corrected chi connectivity index (χ2v) is 12.2. The fraction of sp³-hybridized carbons (Fsp3) is 0.440. The first-order valence-electron chi connectivity index (χ1n) is 11.8. The van der Waals surface area contributed by atoms with Crippen LogP contribution in [0.5, 0.6) is 0 Å². The predicted octanol–water partition coefficient (Wildman–Crippen LogP) is 4.67. The summed E-state index contributed by atoms with van der Waals surface area (Å²) in [5.41, 5.74) is 10.2. The van der Waals surface area contributed by atoms with Gasteiger partial charge in [-0.3, -0.25) is 9.69 Å². The summed E-state index contributed by atoms with van der Waals surface area (Å²) in [5.74, 6) is 0.683. The number of thiazole rings is 1. The van der Waals surface area contributed by atoms with Crippen molar-refractivity contribution in [2.75, 3.05) is 44.3 Å². The van der Waals surface area contributed by atoms with E-state index in [0.717, 1.165) is 60.2 Å². The number of thioether (sulfide) groups is 1. The van der Waals surface area contributed by atoms with Crippen LogP contribution in [0.1, 0.15) is 16.9 Å². The molecule has 10 heteroatoms. The van der Waals surface area contributed by atoms with Crippen molar-refractivity contribution in [3.05, 3.63) is 50.9 Å². The number of morpholine rings is 1. The maximum absolute atomic E-state index is 12.5. The normalized spacial score (nSPS) is 22.1. The van der Waals surface area contributed by atoms with Crippen molar-refractivity contribution in [2.24, 2.45) is 5.92 Å². The number of hydrogen-bond donors (Lipinski definition) is 2. The molecule has 1 amide bonds. The molecule has 0 spiro atoms. The number of nitrogens with zero attached hydrogens (tertiary/aromatic N) is 2. The number of benzene rings is 1. The van der Waals surface area contributed by atoms with E-state index in [0.29, 0.717) is 34.9 Å². The highest BCUT2D eigenvalue weighted by Crippen LogP contribution is 2.40. The molecule has 0 radical (unpaired) electrons. The van der Waals surface area contributed by atoms with Crippen molar-refractivity contribution in [3.63, 3.8) is 0 Å². The van der Waals surface area contributed by atoms with Crippen LogP contribution in [0.4, 0.5) is 5.69 Å². The number of nitrogens with one attached hydrogen (secondary N) is 1. The zero-order valence-corrected chi connectivity index (χ0v) is 22.4. The number of hydrogen-bond acceptors (Lipinski definition) is 7. The Labute approximate surface area is 223 Å². The number of aromatic nitrogens is 1. The number of allylic oxidation sites excluding steroid dienone is 3. The van der Waals surface area contributed by atoms with E-state index in [1.807, 2.05) is 24.3 Å². The summed E-state index contributed by atoms with van der Waals surface area (Å²) in [5, 5.41) is 4.30. The molecule has 2 aliphatic carbocycles. The highest BCUT2D eigenvalue weighted by atomic mass is 35.5. The molecular weight excluding hydrogens is 523 g/mol. The van der Waals surface area contributed by atoms with Gasteiger partial charge in [0.1, 0.15) is 0 Å². The molecule has 1 aliphatic heterocycles. The van der Waals surface area contributed by atoms with Crippen molar-refractivity contribution >= 4 is 57.9 Å². The van der Waals surface area contributed by atoms with E-state index in [9.17, 15) is 4.79 Å². The minimum Gasteiger partial charge on any atom is -0.399 e. The number of aryl methyl sites for hydroxylation is 2. The van der Waals surface area contributed by atoms with Gasteiger partial charge in [0.2, 0.25) is 5.91 Å². The number of ether oxygens (including phenoxy) is 1. The van der Waals surface area contributed by atoms with Gasteiger partial charge in [-0.15, -0.1) is 11.3 Å². The van der Waals surface area contributed by atoms with E-state index in [1.54, 1.807) is 11.3 Å². The Morgan fingerprint density at radius 1 is 1.31 bits per heavy atom.